The zero-order valence-electron chi connectivity index (χ0n) is 10.2. The van der Waals surface area contributed by atoms with Gasteiger partial charge in [-0.2, -0.15) is 5.26 Å². The molecule has 0 aliphatic rings. The van der Waals surface area contributed by atoms with Gasteiger partial charge in [0.2, 0.25) is 0 Å². The van der Waals surface area contributed by atoms with Crippen molar-refractivity contribution in [3.05, 3.63) is 35.5 Å². The number of rotatable bonds is 2. The van der Waals surface area contributed by atoms with Gasteiger partial charge in [-0.3, -0.25) is 4.98 Å². The number of aromatic nitrogens is 1. The van der Waals surface area contributed by atoms with Gasteiger partial charge in [-0.1, -0.05) is 13.8 Å². The lowest BCUT2D eigenvalue weighted by molar-refractivity contribution is 0.415. The fourth-order valence-electron chi connectivity index (χ4n) is 2.03. The molecule has 2 rings (SSSR count). The molecule has 0 saturated heterocycles. The van der Waals surface area contributed by atoms with Crippen LogP contribution in [0.3, 0.4) is 0 Å². The Bertz CT molecular complexity index is 597. The van der Waals surface area contributed by atoms with E-state index in [2.05, 4.69) is 24.9 Å². The van der Waals surface area contributed by atoms with E-state index in [9.17, 15) is 0 Å². The van der Waals surface area contributed by atoms with Crippen LogP contribution in [0.5, 0.6) is 5.75 Å². The minimum atomic E-state index is 0.280. The minimum Gasteiger partial charge on any atom is -0.497 e. The van der Waals surface area contributed by atoms with Gasteiger partial charge in [0.05, 0.1) is 18.2 Å². The van der Waals surface area contributed by atoms with Gasteiger partial charge < -0.3 is 4.74 Å². The van der Waals surface area contributed by atoms with Crippen molar-refractivity contribution in [3.63, 3.8) is 0 Å². The summed E-state index contributed by atoms with van der Waals surface area (Å²) in [5.41, 5.74) is 2.57. The summed E-state index contributed by atoms with van der Waals surface area (Å²) in [6.07, 6.45) is 1.64. The van der Waals surface area contributed by atoms with Crippen LogP contribution in [0, 0.1) is 11.3 Å². The lowest BCUT2D eigenvalue weighted by Crippen LogP contribution is -1.97. The monoisotopic (exact) mass is 226 g/mol. The standard InChI is InChI=1S/C14H14N2O/c1-9(2)14-10(7-15)8-16-13-5-4-11(17-3)6-12(13)14/h4-6,8-9H,1-3H3. The average molecular weight is 226 g/mol. The van der Waals surface area contributed by atoms with Crippen LogP contribution in [0.25, 0.3) is 10.9 Å². The molecule has 0 aliphatic carbocycles. The summed E-state index contributed by atoms with van der Waals surface area (Å²) in [6, 6.07) is 7.94. The molecule has 3 nitrogen and oxygen atoms in total. The van der Waals surface area contributed by atoms with Gasteiger partial charge >= 0.3 is 0 Å². The Morgan fingerprint density at radius 2 is 2.12 bits per heavy atom. The fourth-order valence-corrected chi connectivity index (χ4v) is 2.03. The Kier molecular flexibility index (Phi) is 2.97. The third kappa shape index (κ3) is 1.94. The first kappa shape index (κ1) is 11.4. The van der Waals surface area contributed by atoms with Crippen molar-refractivity contribution in [2.75, 3.05) is 7.11 Å². The number of fused-ring (bicyclic) bond motifs is 1. The second-order valence-electron chi connectivity index (χ2n) is 4.24. The molecule has 1 aromatic heterocycles. The first-order valence-electron chi connectivity index (χ1n) is 5.54. The quantitative estimate of drug-likeness (QED) is 0.789. The molecule has 0 amide bonds. The molecule has 0 N–H and O–H groups in total. The summed E-state index contributed by atoms with van der Waals surface area (Å²) in [5, 5.41) is 10.1. The Labute approximate surface area is 101 Å². The van der Waals surface area contributed by atoms with Crippen molar-refractivity contribution in [3.8, 4) is 11.8 Å². The molecule has 0 saturated carbocycles. The maximum Gasteiger partial charge on any atom is 0.119 e. The predicted octanol–water partition coefficient (Wildman–Crippen LogP) is 3.24. The van der Waals surface area contributed by atoms with Gasteiger partial charge in [0.25, 0.3) is 0 Å². The topological polar surface area (TPSA) is 45.9 Å². The highest BCUT2D eigenvalue weighted by molar-refractivity contribution is 5.85. The smallest absolute Gasteiger partial charge is 0.119 e. The Balaban J connectivity index is 2.82. The summed E-state index contributed by atoms with van der Waals surface area (Å²) in [7, 11) is 1.64. The average Bonchev–Trinajstić information content (AvgIpc) is 2.36. The van der Waals surface area contributed by atoms with Gasteiger partial charge in [0.1, 0.15) is 11.8 Å². The van der Waals surface area contributed by atoms with E-state index in [1.165, 1.54) is 0 Å². The van der Waals surface area contributed by atoms with Gasteiger partial charge in [-0.15, -0.1) is 0 Å². The Hall–Kier alpha value is -2.08. The predicted molar refractivity (Wildman–Crippen MR) is 67.1 cm³/mol. The zero-order valence-corrected chi connectivity index (χ0v) is 10.2. The third-order valence-corrected chi connectivity index (χ3v) is 2.81. The number of benzene rings is 1. The molecule has 86 valence electrons. The minimum absolute atomic E-state index is 0.280. The maximum absolute atomic E-state index is 9.13. The highest BCUT2D eigenvalue weighted by Crippen LogP contribution is 2.29. The SMILES string of the molecule is COc1ccc2ncc(C#N)c(C(C)C)c2c1. The molecule has 0 unspecified atom stereocenters. The van der Waals surface area contributed by atoms with Crippen molar-refractivity contribution in [2.24, 2.45) is 0 Å². The van der Waals surface area contributed by atoms with Crippen molar-refractivity contribution in [1.29, 1.82) is 5.26 Å². The molecule has 0 fully saturated rings. The third-order valence-electron chi connectivity index (χ3n) is 2.81. The van der Waals surface area contributed by atoms with E-state index in [-0.39, 0.29) is 5.92 Å². The van der Waals surface area contributed by atoms with Crippen LogP contribution in [0.15, 0.2) is 24.4 Å². The second kappa shape index (κ2) is 4.42. The van der Waals surface area contributed by atoms with E-state index in [4.69, 9.17) is 10.00 Å². The van der Waals surface area contributed by atoms with E-state index >= 15 is 0 Å². The molecule has 17 heavy (non-hydrogen) atoms. The molecule has 3 heteroatoms. The summed E-state index contributed by atoms with van der Waals surface area (Å²) in [5.74, 6) is 1.07. The van der Waals surface area contributed by atoms with Crippen LogP contribution in [-0.4, -0.2) is 12.1 Å². The molecule has 0 aliphatic heterocycles. The number of hydrogen-bond acceptors (Lipinski definition) is 3. The molecular formula is C14H14N2O. The molecule has 0 atom stereocenters. The van der Waals surface area contributed by atoms with Crippen LogP contribution in [0.2, 0.25) is 0 Å². The van der Waals surface area contributed by atoms with Crippen molar-refractivity contribution < 1.29 is 4.74 Å². The van der Waals surface area contributed by atoms with E-state index in [0.29, 0.717) is 5.56 Å². The number of nitrogens with zero attached hydrogens (tertiary/aromatic N) is 2. The number of pyridine rings is 1. The molecule has 1 aromatic carbocycles. The first-order chi connectivity index (χ1) is 8.17. The van der Waals surface area contributed by atoms with Crippen molar-refractivity contribution >= 4 is 10.9 Å². The number of methoxy groups -OCH3 is 1. The maximum atomic E-state index is 9.13. The lowest BCUT2D eigenvalue weighted by atomic mass is 9.94. The molecule has 0 bridgehead atoms. The van der Waals surface area contributed by atoms with E-state index in [0.717, 1.165) is 22.2 Å². The largest absolute Gasteiger partial charge is 0.497 e. The summed E-state index contributed by atoms with van der Waals surface area (Å²) < 4.78 is 5.22. The van der Waals surface area contributed by atoms with Gasteiger partial charge in [-0.25, -0.2) is 0 Å². The van der Waals surface area contributed by atoms with Crippen LogP contribution in [0.4, 0.5) is 0 Å². The van der Waals surface area contributed by atoms with Crippen molar-refractivity contribution in [1.82, 2.24) is 4.98 Å². The molecule has 1 heterocycles. The molecule has 0 spiro atoms. The molecule has 2 aromatic rings. The van der Waals surface area contributed by atoms with Crippen molar-refractivity contribution in [2.45, 2.75) is 19.8 Å². The van der Waals surface area contributed by atoms with Crippen LogP contribution >= 0.6 is 0 Å². The second-order valence-corrected chi connectivity index (χ2v) is 4.24. The van der Waals surface area contributed by atoms with E-state index in [1.54, 1.807) is 13.3 Å². The van der Waals surface area contributed by atoms with E-state index in [1.807, 2.05) is 18.2 Å². The molecular weight excluding hydrogens is 212 g/mol. The van der Waals surface area contributed by atoms with Gasteiger partial charge in [0.15, 0.2) is 0 Å². The first-order valence-corrected chi connectivity index (χ1v) is 5.54. The Morgan fingerprint density at radius 1 is 1.35 bits per heavy atom. The fraction of sp³-hybridized carbons (Fsp3) is 0.286. The highest BCUT2D eigenvalue weighted by atomic mass is 16.5. The normalized spacial score (nSPS) is 10.5. The van der Waals surface area contributed by atoms with Gasteiger partial charge in [-0.05, 0) is 29.7 Å². The number of ether oxygens (including phenoxy) is 1. The number of nitriles is 1. The zero-order chi connectivity index (χ0) is 12.4. The van der Waals surface area contributed by atoms with Gasteiger partial charge in [0, 0.05) is 11.6 Å². The van der Waals surface area contributed by atoms with Crippen LogP contribution in [-0.2, 0) is 0 Å². The number of hydrogen-bond donors (Lipinski definition) is 0. The van der Waals surface area contributed by atoms with Crippen LogP contribution in [0.1, 0.15) is 30.9 Å². The lowest BCUT2D eigenvalue weighted by Gasteiger charge is -2.12. The summed E-state index contributed by atoms with van der Waals surface area (Å²) in [4.78, 5) is 4.29. The highest BCUT2D eigenvalue weighted by Gasteiger charge is 2.12. The Morgan fingerprint density at radius 3 is 2.71 bits per heavy atom. The molecule has 0 radical (unpaired) electrons. The van der Waals surface area contributed by atoms with Crippen LogP contribution < -0.4 is 4.74 Å². The van der Waals surface area contributed by atoms with E-state index < -0.39 is 0 Å². The summed E-state index contributed by atoms with van der Waals surface area (Å²) >= 11 is 0. The summed E-state index contributed by atoms with van der Waals surface area (Å²) in [6.45, 7) is 4.16.